The van der Waals surface area contributed by atoms with Gasteiger partial charge in [0.05, 0.1) is 22.2 Å². The van der Waals surface area contributed by atoms with Gasteiger partial charge >= 0.3 is 6.18 Å². The Bertz CT molecular complexity index is 790. The third kappa shape index (κ3) is 2.07. The smallest absolute Gasteiger partial charge is 0.287 e. The van der Waals surface area contributed by atoms with Gasteiger partial charge in [-0.25, -0.2) is 9.50 Å². The zero-order valence-corrected chi connectivity index (χ0v) is 10.6. The number of alkyl halides is 3. The first-order chi connectivity index (χ1) is 9.47. The lowest BCUT2D eigenvalue weighted by Crippen LogP contribution is -2.03. The molecule has 0 saturated carbocycles. The highest BCUT2D eigenvalue weighted by Gasteiger charge is 2.35. The second-order valence-corrected chi connectivity index (χ2v) is 4.98. The molecule has 0 atom stereocenters. The molecule has 20 heavy (non-hydrogen) atoms. The molecule has 102 valence electrons. The first-order valence-electron chi connectivity index (χ1n) is 5.47. The number of fused-ring (bicyclic) bond motifs is 1. The molecule has 0 aliphatic rings. The van der Waals surface area contributed by atoms with Crippen LogP contribution < -0.4 is 0 Å². The molecule has 0 aliphatic heterocycles. The zero-order chi connectivity index (χ0) is 14.3. The summed E-state index contributed by atoms with van der Waals surface area (Å²) < 4.78 is 38.9. The van der Waals surface area contributed by atoms with E-state index in [-0.39, 0.29) is 10.4 Å². The van der Waals surface area contributed by atoms with E-state index in [0.29, 0.717) is 16.9 Å². The van der Waals surface area contributed by atoms with E-state index in [9.17, 15) is 18.0 Å². The van der Waals surface area contributed by atoms with Gasteiger partial charge in [0.2, 0.25) is 5.78 Å². The highest BCUT2D eigenvalue weighted by Crippen LogP contribution is 2.33. The van der Waals surface area contributed by atoms with E-state index in [1.54, 1.807) is 24.4 Å². The number of rotatable bonds is 2. The van der Waals surface area contributed by atoms with Crippen LogP contribution in [0.15, 0.2) is 36.8 Å². The summed E-state index contributed by atoms with van der Waals surface area (Å²) in [5, 5.41) is 2.95. The Morgan fingerprint density at radius 3 is 2.75 bits per heavy atom. The van der Waals surface area contributed by atoms with Gasteiger partial charge in [0, 0.05) is 12.4 Å². The number of hydrogen-bond acceptors (Lipinski definition) is 4. The van der Waals surface area contributed by atoms with Crippen molar-refractivity contribution in [2.24, 2.45) is 0 Å². The van der Waals surface area contributed by atoms with Gasteiger partial charge in [-0.3, -0.25) is 4.79 Å². The van der Waals surface area contributed by atoms with Gasteiger partial charge < -0.3 is 0 Å². The molecule has 0 bridgehead atoms. The minimum absolute atomic E-state index is 0.0592. The maximum Gasteiger partial charge on any atom is 0.443 e. The van der Waals surface area contributed by atoms with Crippen molar-refractivity contribution in [3.05, 3.63) is 52.2 Å². The van der Waals surface area contributed by atoms with Gasteiger partial charge in [0.15, 0.2) is 5.01 Å². The molecule has 0 unspecified atom stereocenters. The molecule has 0 spiro atoms. The molecule has 0 aliphatic carbocycles. The Balaban J connectivity index is 2.03. The summed E-state index contributed by atoms with van der Waals surface area (Å²) in [6.07, 6.45) is -0.600. The third-order valence-electron chi connectivity index (χ3n) is 2.64. The van der Waals surface area contributed by atoms with Crippen molar-refractivity contribution in [2.75, 3.05) is 0 Å². The fourth-order valence-corrected chi connectivity index (χ4v) is 2.49. The molecule has 3 heterocycles. The predicted molar refractivity (Wildman–Crippen MR) is 65.7 cm³/mol. The Labute approximate surface area is 114 Å². The number of hydrogen-bond donors (Lipinski definition) is 0. The van der Waals surface area contributed by atoms with Crippen LogP contribution in [0.3, 0.4) is 0 Å². The molecule has 0 fully saturated rings. The summed E-state index contributed by atoms with van der Waals surface area (Å²) in [7, 11) is 0. The molecule has 8 heteroatoms. The normalized spacial score (nSPS) is 11.9. The maximum atomic E-state index is 12.5. The summed E-state index contributed by atoms with van der Waals surface area (Å²) in [4.78, 5) is 15.4. The summed E-state index contributed by atoms with van der Waals surface area (Å²) in [5.74, 6) is -0.515. The SMILES string of the molecule is O=C(c1cnc(C(F)(F)F)s1)c1cnn2ccccc12. The number of nitrogens with zero attached hydrogens (tertiary/aromatic N) is 3. The van der Waals surface area contributed by atoms with Crippen molar-refractivity contribution in [3.8, 4) is 0 Å². The van der Waals surface area contributed by atoms with E-state index in [2.05, 4.69) is 10.1 Å². The molecule has 3 aromatic rings. The average Bonchev–Trinajstić information content (AvgIpc) is 3.04. The van der Waals surface area contributed by atoms with Crippen LogP contribution in [0, 0.1) is 0 Å². The monoisotopic (exact) mass is 297 g/mol. The van der Waals surface area contributed by atoms with Gasteiger partial charge in [-0.05, 0) is 12.1 Å². The molecule has 3 rings (SSSR count). The van der Waals surface area contributed by atoms with E-state index < -0.39 is 17.0 Å². The van der Waals surface area contributed by atoms with E-state index in [0.717, 1.165) is 6.20 Å². The number of pyridine rings is 1. The minimum Gasteiger partial charge on any atom is -0.287 e. The largest absolute Gasteiger partial charge is 0.443 e. The predicted octanol–water partition coefficient (Wildman–Crippen LogP) is 3.04. The Hall–Kier alpha value is -2.22. The topological polar surface area (TPSA) is 47.3 Å². The molecule has 4 nitrogen and oxygen atoms in total. The van der Waals surface area contributed by atoms with Crippen LogP contribution >= 0.6 is 11.3 Å². The maximum absolute atomic E-state index is 12.5. The van der Waals surface area contributed by atoms with Gasteiger partial charge in [-0.15, -0.1) is 11.3 Å². The Kier molecular flexibility index (Phi) is 2.82. The van der Waals surface area contributed by atoms with Crippen LogP contribution in [0.25, 0.3) is 5.52 Å². The van der Waals surface area contributed by atoms with Gasteiger partial charge in [0.25, 0.3) is 0 Å². The molecule has 0 aromatic carbocycles. The second kappa shape index (κ2) is 4.41. The molecule has 0 radical (unpaired) electrons. The van der Waals surface area contributed by atoms with Crippen molar-refractivity contribution in [1.29, 1.82) is 0 Å². The lowest BCUT2D eigenvalue weighted by molar-refractivity contribution is -0.137. The number of halogens is 3. The van der Waals surface area contributed by atoms with Crippen LogP contribution in [-0.2, 0) is 6.18 Å². The van der Waals surface area contributed by atoms with Crippen molar-refractivity contribution in [3.63, 3.8) is 0 Å². The van der Waals surface area contributed by atoms with Crippen molar-refractivity contribution in [2.45, 2.75) is 6.18 Å². The fourth-order valence-electron chi connectivity index (χ4n) is 1.75. The molecular formula is C12H6F3N3OS. The molecule has 3 aromatic heterocycles. The van der Waals surface area contributed by atoms with E-state index in [1.807, 2.05) is 0 Å². The van der Waals surface area contributed by atoms with Crippen LogP contribution in [0.4, 0.5) is 13.2 Å². The summed E-state index contributed by atoms with van der Waals surface area (Å²) in [6.45, 7) is 0. The van der Waals surface area contributed by atoms with Crippen LogP contribution in [-0.4, -0.2) is 20.4 Å². The van der Waals surface area contributed by atoms with Crippen molar-refractivity contribution in [1.82, 2.24) is 14.6 Å². The van der Waals surface area contributed by atoms with Gasteiger partial charge in [-0.1, -0.05) is 6.07 Å². The van der Waals surface area contributed by atoms with E-state index >= 15 is 0 Å². The Morgan fingerprint density at radius 1 is 1.25 bits per heavy atom. The number of carbonyl (C=O) groups is 1. The minimum atomic E-state index is -4.54. The first-order valence-corrected chi connectivity index (χ1v) is 6.28. The Morgan fingerprint density at radius 2 is 2.05 bits per heavy atom. The van der Waals surface area contributed by atoms with E-state index in [4.69, 9.17) is 0 Å². The zero-order valence-electron chi connectivity index (χ0n) is 9.76. The summed E-state index contributed by atoms with van der Waals surface area (Å²) >= 11 is 0.332. The molecule has 0 N–H and O–H groups in total. The highest BCUT2D eigenvalue weighted by molar-refractivity contribution is 7.14. The molecule has 0 amide bonds. The summed E-state index contributed by atoms with van der Waals surface area (Å²) in [5.41, 5.74) is 0.794. The lowest BCUT2D eigenvalue weighted by atomic mass is 10.1. The first kappa shape index (κ1) is 12.8. The van der Waals surface area contributed by atoms with Gasteiger partial charge in [0.1, 0.15) is 0 Å². The number of aromatic nitrogens is 3. The summed E-state index contributed by atoms with van der Waals surface area (Å²) in [6, 6.07) is 5.14. The third-order valence-corrected chi connectivity index (χ3v) is 3.68. The van der Waals surface area contributed by atoms with Crippen molar-refractivity contribution < 1.29 is 18.0 Å². The standard InChI is InChI=1S/C12H6F3N3OS/c13-12(14,15)11-16-6-9(20-11)10(19)7-5-17-18-4-2-1-3-8(7)18/h1-6H. The quantitative estimate of drug-likeness (QED) is 0.683. The fraction of sp³-hybridized carbons (Fsp3) is 0.0833. The van der Waals surface area contributed by atoms with Gasteiger partial charge in [-0.2, -0.15) is 18.3 Å². The van der Waals surface area contributed by atoms with Crippen LogP contribution in [0.5, 0.6) is 0 Å². The lowest BCUT2D eigenvalue weighted by Gasteiger charge is -1.99. The van der Waals surface area contributed by atoms with Crippen molar-refractivity contribution >= 4 is 22.6 Å². The second-order valence-electron chi connectivity index (χ2n) is 3.95. The number of thiazole rings is 1. The number of ketones is 1. The van der Waals surface area contributed by atoms with Crippen LogP contribution in [0.2, 0.25) is 0 Å². The molecular weight excluding hydrogens is 291 g/mol. The van der Waals surface area contributed by atoms with E-state index in [1.165, 1.54) is 10.7 Å². The molecule has 0 saturated heterocycles. The number of carbonyl (C=O) groups excluding carboxylic acids is 1. The van der Waals surface area contributed by atoms with Crippen LogP contribution in [0.1, 0.15) is 20.2 Å². The highest BCUT2D eigenvalue weighted by atomic mass is 32.1. The average molecular weight is 297 g/mol.